The molecule has 1 fully saturated rings. The summed E-state index contributed by atoms with van der Waals surface area (Å²) in [5.41, 5.74) is 0.652. The van der Waals surface area contributed by atoms with Crippen LogP contribution in [-0.2, 0) is 19.1 Å². The van der Waals surface area contributed by atoms with Crippen LogP contribution in [0.5, 0.6) is 0 Å². The van der Waals surface area contributed by atoms with Crippen molar-refractivity contribution in [3.8, 4) is 0 Å². The van der Waals surface area contributed by atoms with Gasteiger partial charge in [-0.2, -0.15) is 0 Å². The molecular formula is C19H23FN2O6. The second kappa shape index (κ2) is 8.90. The number of benzene rings is 1. The van der Waals surface area contributed by atoms with Crippen LogP contribution < -0.4 is 5.32 Å². The van der Waals surface area contributed by atoms with Crippen LogP contribution in [0.3, 0.4) is 0 Å². The highest BCUT2D eigenvalue weighted by atomic mass is 19.1. The number of halogens is 1. The summed E-state index contributed by atoms with van der Waals surface area (Å²) >= 11 is 0. The Morgan fingerprint density at radius 1 is 1.43 bits per heavy atom. The molecule has 2 rings (SSSR count). The van der Waals surface area contributed by atoms with Gasteiger partial charge in [-0.25, -0.2) is 4.39 Å². The van der Waals surface area contributed by atoms with Gasteiger partial charge in [0.25, 0.3) is 5.91 Å². The number of esters is 1. The van der Waals surface area contributed by atoms with Gasteiger partial charge >= 0.3 is 5.97 Å². The molecule has 0 spiro atoms. The Labute approximate surface area is 161 Å². The lowest BCUT2D eigenvalue weighted by molar-refractivity contribution is -0.490. The van der Waals surface area contributed by atoms with Gasteiger partial charge in [0.1, 0.15) is 11.6 Å². The van der Waals surface area contributed by atoms with Crippen molar-refractivity contribution in [1.29, 1.82) is 0 Å². The third-order valence-electron chi connectivity index (χ3n) is 5.05. The maximum atomic E-state index is 13.5. The summed E-state index contributed by atoms with van der Waals surface area (Å²) in [5.74, 6) is -3.61. The van der Waals surface area contributed by atoms with Gasteiger partial charge < -0.3 is 10.1 Å². The lowest BCUT2D eigenvalue weighted by Gasteiger charge is -2.18. The predicted molar refractivity (Wildman–Crippen MR) is 97.6 cm³/mol. The SMILES string of the molecule is Cc1ccc(NC(=O)[C@H](C)OC(=O)C[C@H]2C(=O)C[C@@H](C)[C@H]2C[N+](=O)[O-])cc1F. The quantitative estimate of drug-likeness (QED) is 0.432. The minimum Gasteiger partial charge on any atom is -0.453 e. The van der Waals surface area contributed by atoms with Crippen molar-refractivity contribution >= 4 is 23.3 Å². The Morgan fingerprint density at radius 2 is 2.11 bits per heavy atom. The molecule has 1 amide bonds. The fourth-order valence-electron chi connectivity index (χ4n) is 3.39. The van der Waals surface area contributed by atoms with Crippen LogP contribution in [-0.4, -0.2) is 35.2 Å². The molecule has 1 saturated carbocycles. The lowest BCUT2D eigenvalue weighted by atomic mass is 9.88. The number of nitrogens with zero attached hydrogens (tertiary/aromatic N) is 1. The van der Waals surface area contributed by atoms with E-state index in [4.69, 9.17) is 4.74 Å². The number of hydrogen-bond acceptors (Lipinski definition) is 6. The van der Waals surface area contributed by atoms with Gasteiger partial charge in [0.2, 0.25) is 6.54 Å². The number of ether oxygens (including phenoxy) is 1. The Hall–Kier alpha value is -2.84. The van der Waals surface area contributed by atoms with Gasteiger partial charge in [0.05, 0.1) is 6.42 Å². The number of nitro groups is 1. The van der Waals surface area contributed by atoms with Gasteiger partial charge in [-0.1, -0.05) is 13.0 Å². The number of amides is 1. The van der Waals surface area contributed by atoms with Crippen LogP contribution in [0, 0.1) is 40.6 Å². The number of hydrogen-bond donors (Lipinski definition) is 1. The average Bonchev–Trinajstić information content (AvgIpc) is 2.84. The summed E-state index contributed by atoms with van der Waals surface area (Å²) < 4.78 is 18.6. The van der Waals surface area contributed by atoms with Crippen molar-refractivity contribution < 1.29 is 28.4 Å². The van der Waals surface area contributed by atoms with E-state index in [1.54, 1.807) is 13.8 Å². The zero-order chi connectivity index (χ0) is 21.0. The summed E-state index contributed by atoms with van der Waals surface area (Å²) in [6, 6.07) is 4.18. The second-order valence-electron chi connectivity index (χ2n) is 7.22. The van der Waals surface area contributed by atoms with Crippen LogP contribution in [0.1, 0.15) is 32.3 Å². The van der Waals surface area contributed by atoms with E-state index in [1.165, 1.54) is 19.1 Å². The topological polar surface area (TPSA) is 116 Å². The molecule has 0 unspecified atom stereocenters. The van der Waals surface area contributed by atoms with Crippen LogP contribution in [0.15, 0.2) is 18.2 Å². The van der Waals surface area contributed by atoms with Crippen molar-refractivity contribution in [2.24, 2.45) is 17.8 Å². The van der Waals surface area contributed by atoms with Gasteiger partial charge in [-0.05, 0) is 37.5 Å². The van der Waals surface area contributed by atoms with E-state index in [9.17, 15) is 28.9 Å². The molecule has 0 heterocycles. The van der Waals surface area contributed by atoms with E-state index in [1.807, 2.05) is 0 Å². The second-order valence-corrected chi connectivity index (χ2v) is 7.22. The number of rotatable bonds is 7. The van der Waals surface area contributed by atoms with Crippen LogP contribution in [0.25, 0.3) is 0 Å². The van der Waals surface area contributed by atoms with Crippen LogP contribution in [0.4, 0.5) is 10.1 Å². The molecule has 0 radical (unpaired) electrons. The Balaban J connectivity index is 1.93. The molecule has 1 aromatic rings. The molecule has 0 bridgehead atoms. The highest BCUT2D eigenvalue weighted by Crippen LogP contribution is 2.36. The molecule has 0 aromatic heterocycles. The summed E-state index contributed by atoms with van der Waals surface area (Å²) in [6.07, 6.45) is -1.29. The minimum atomic E-state index is -1.17. The fraction of sp³-hybridized carbons (Fsp3) is 0.526. The van der Waals surface area contributed by atoms with E-state index >= 15 is 0 Å². The summed E-state index contributed by atoms with van der Waals surface area (Å²) in [7, 11) is 0. The Bertz CT molecular complexity index is 797. The van der Waals surface area contributed by atoms with Crippen molar-refractivity contribution in [2.45, 2.75) is 39.7 Å². The fourth-order valence-corrected chi connectivity index (χ4v) is 3.39. The number of Topliss-reactive ketones (excluding diaryl/α,β-unsaturated/α-hetero) is 1. The first-order valence-corrected chi connectivity index (χ1v) is 8.99. The first-order chi connectivity index (χ1) is 13.1. The predicted octanol–water partition coefficient (Wildman–Crippen LogP) is 2.51. The highest BCUT2D eigenvalue weighted by molar-refractivity contribution is 5.95. The standard InChI is InChI=1S/C19H23FN2O6/c1-10-4-5-13(7-16(10)20)21-19(25)12(3)28-18(24)8-14-15(9-22(26)27)11(2)6-17(14)23/h4-5,7,11-12,14-15H,6,8-9H2,1-3H3,(H,21,25)/t11-,12+,14-,15-/m1/s1. The number of anilines is 1. The lowest BCUT2D eigenvalue weighted by Crippen LogP contribution is -2.32. The monoisotopic (exact) mass is 394 g/mol. The Kier molecular flexibility index (Phi) is 6.82. The van der Waals surface area contributed by atoms with E-state index in [0.717, 1.165) is 6.07 Å². The number of carbonyl (C=O) groups excluding carboxylic acids is 3. The molecule has 1 aliphatic rings. The maximum Gasteiger partial charge on any atom is 0.307 e. The summed E-state index contributed by atoms with van der Waals surface area (Å²) in [6.45, 7) is 4.29. The van der Waals surface area contributed by atoms with E-state index in [2.05, 4.69) is 5.32 Å². The van der Waals surface area contributed by atoms with Crippen molar-refractivity contribution in [3.63, 3.8) is 0 Å². The molecule has 28 heavy (non-hydrogen) atoms. The minimum absolute atomic E-state index is 0.186. The molecule has 8 nitrogen and oxygen atoms in total. The number of ketones is 1. The first-order valence-electron chi connectivity index (χ1n) is 8.99. The van der Waals surface area contributed by atoms with Crippen molar-refractivity contribution in [2.75, 3.05) is 11.9 Å². The summed E-state index contributed by atoms with van der Waals surface area (Å²) in [4.78, 5) is 46.7. The molecule has 9 heteroatoms. The van der Waals surface area contributed by atoms with Gasteiger partial charge in [-0.3, -0.25) is 24.5 Å². The van der Waals surface area contributed by atoms with Crippen LogP contribution in [0.2, 0.25) is 0 Å². The molecule has 1 aromatic carbocycles. The summed E-state index contributed by atoms with van der Waals surface area (Å²) in [5, 5.41) is 13.3. The van der Waals surface area contributed by atoms with E-state index < -0.39 is 40.6 Å². The molecule has 152 valence electrons. The normalized spacial score (nSPS) is 22.6. The number of nitrogens with one attached hydrogen (secondary N) is 1. The highest BCUT2D eigenvalue weighted by Gasteiger charge is 2.44. The van der Waals surface area contributed by atoms with Gasteiger partial charge in [0.15, 0.2) is 6.10 Å². The molecule has 1 N–H and O–H groups in total. The largest absolute Gasteiger partial charge is 0.453 e. The van der Waals surface area contributed by atoms with Crippen molar-refractivity contribution in [1.82, 2.24) is 0 Å². The smallest absolute Gasteiger partial charge is 0.307 e. The third kappa shape index (κ3) is 5.34. The molecule has 0 aliphatic heterocycles. The molecular weight excluding hydrogens is 371 g/mol. The molecule has 0 saturated heterocycles. The zero-order valence-corrected chi connectivity index (χ0v) is 15.9. The first kappa shape index (κ1) is 21.5. The number of aryl methyl sites for hydroxylation is 1. The number of carbonyl (C=O) groups is 3. The van der Waals surface area contributed by atoms with Gasteiger partial charge in [0, 0.05) is 28.9 Å². The van der Waals surface area contributed by atoms with Crippen molar-refractivity contribution in [3.05, 3.63) is 39.7 Å². The van der Waals surface area contributed by atoms with E-state index in [-0.39, 0.29) is 36.8 Å². The van der Waals surface area contributed by atoms with E-state index in [0.29, 0.717) is 5.56 Å². The van der Waals surface area contributed by atoms with Gasteiger partial charge in [-0.15, -0.1) is 0 Å². The molecule has 4 atom stereocenters. The maximum absolute atomic E-state index is 13.5. The average molecular weight is 394 g/mol. The van der Waals surface area contributed by atoms with Crippen LogP contribution >= 0.6 is 0 Å². The zero-order valence-electron chi connectivity index (χ0n) is 15.9. The molecule has 1 aliphatic carbocycles. The third-order valence-corrected chi connectivity index (χ3v) is 5.05. The Morgan fingerprint density at radius 3 is 2.71 bits per heavy atom.